The largest absolute Gasteiger partial charge is 0.324 e. The highest BCUT2D eigenvalue weighted by Gasteiger charge is 2.03. The molecule has 3 nitrogen and oxygen atoms in total. The molecule has 0 aliphatic carbocycles. The van der Waals surface area contributed by atoms with E-state index >= 15 is 0 Å². The molecule has 19 heavy (non-hydrogen) atoms. The molecule has 94 valence electrons. The lowest BCUT2D eigenvalue weighted by Crippen LogP contribution is -1.99. The van der Waals surface area contributed by atoms with Crippen molar-refractivity contribution in [3.8, 4) is 0 Å². The van der Waals surface area contributed by atoms with E-state index in [-0.39, 0.29) is 0 Å². The van der Waals surface area contributed by atoms with Gasteiger partial charge in [-0.05, 0) is 17.7 Å². The number of benzene rings is 2. The van der Waals surface area contributed by atoms with E-state index in [9.17, 15) is 0 Å². The maximum absolute atomic E-state index is 5.91. The number of aromatic nitrogens is 2. The van der Waals surface area contributed by atoms with E-state index in [1.165, 1.54) is 0 Å². The molecular formula is C15H12ClN3. The van der Waals surface area contributed by atoms with Gasteiger partial charge in [0.15, 0.2) is 0 Å². The van der Waals surface area contributed by atoms with E-state index in [0.29, 0.717) is 11.8 Å². The second kappa shape index (κ2) is 5.24. The lowest BCUT2D eigenvalue weighted by atomic mass is 10.2. The van der Waals surface area contributed by atoms with Gasteiger partial charge in [-0.25, -0.2) is 9.97 Å². The third kappa shape index (κ3) is 2.51. The third-order valence-electron chi connectivity index (χ3n) is 2.90. The quantitative estimate of drug-likeness (QED) is 0.727. The summed E-state index contributed by atoms with van der Waals surface area (Å²) in [6.07, 6.45) is 1.81. The molecule has 1 N–H and O–H groups in total. The minimum absolute atomic E-state index is 0.455. The van der Waals surface area contributed by atoms with Crippen molar-refractivity contribution in [1.82, 2.24) is 9.97 Å². The van der Waals surface area contributed by atoms with Crippen LogP contribution in [0.25, 0.3) is 10.9 Å². The maximum atomic E-state index is 5.91. The molecule has 0 fully saturated rings. The van der Waals surface area contributed by atoms with E-state index in [0.717, 1.165) is 22.2 Å². The fourth-order valence-electron chi connectivity index (χ4n) is 1.91. The van der Waals surface area contributed by atoms with Crippen LogP contribution in [0.5, 0.6) is 0 Å². The topological polar surface area (TPSA) is 37.8 Å². The number of fused-ring (bicyclic) bond motifs is 1. The average Bonchev–Trinajstić information content (AvgIpc) is 2.48. The first kappa shape index (κ1) is 11.9. The molecule has 2 aromatic carbocycles. The normalized spacial score (nSPS) is 10.6. The van der Waals surface area contributed by atoms with Gasteiger partial charge in [0.1, 0.15) is 0 Å². The number of rotatable bonds is 3. The summed E-state index contributed by atoms with van der Waals surface area (Å²) in [7, 11) is 0. The van der Waals surface area contributed by atoms with E-state index in [1.807, 2.05) is 54.7 Å². The molecular weight excluding hydrogens is 258 g/mol. The second-order valence-corrected chi connectivity index (χ2v) is 4.44. The Balaban J connectivity index is 1.96. The van der Waals surface area contributed by atoms with Gasteiger partial charge in [0.05, 0.1) is 5.52 Å². The Bertz CT molecular complexity index is 712. The van der Waals surface area contributed by atoms with Crippen molar-refractivity contribution in [3.63, 3.8) is 0 Å². The first-order valence-electron chi connectivity index (χ1n) is 5.99. The number of para-hydroxylation sites is 2. The minimum Gasteiger partial charge on any atom is -0.324 e. The molecule has 0 unspecified atom stereocenters. The summed E-state index contributed by atoms with van der Waals surface area (Å²) >= 11 is 5.91. The Morgan fingerprint density at radius 3 is 2.68 bits per heavy atom. The first-order valence-corrected chi connectivity index (χ1v) is 6.53. The van der Waals surface area contributed by atoms with E-state index < -0.39 is 0 Å². The molecule has 3 aromatic rings. The summed E-state index contributed by atoms with van der Waals surface area (Å²) < 4.78 is 0. The Hall–Kier alpha value is -2.13. The van der Waals surface area contributed by atoms with Crippen LogP contribution in [-0.2, 0) is 5.88 Å². The summed E-state index contributed by atoms with van der Waals surface area (Å²) in [4.78, 5) is 8.79. The summed E-state index contributed by atoms with van der Waals surface area (Å²) in [6.45, 7) is 0. The van der Waals surface area contributed by atoms with Gasteiger partial charge in [-0.2, -0.15) is 0 Å². The van der Waals surface area contributed by atoms with Gasteiger partial charge in [-0.3, -0.25) is 0 Å². The molecule has 0 amide bonds. The number of nitrogens with zero attached hydrogens (tertiary/aromatic N) is 2. The van der Waals surface area contributed by atoms with Gasteiger partial charge < -0.3 is 5.32 Å². The van der Waals surface area contributed by atoms with Crippen LogP contribution in [0.15, 0.2) is 54.7 Å². The van der Waals surface area contributed by atoms with Crippen molar-refractivity contribution >= 4 is 34.1 Å². The summed E-state index contributed by atoms with van der Waals surface area (Å²) in [5, 5.41) is 4.24. The zero-order valence-electron chi connectivity index (χ0n) is 10.2. The molecule has 0 aliphatic heterocycles. The predicted molar refractivity (Wildman–Crippen MR) is 78.8 cm³/mol. The Kier molecular flexibility index (Phi) is 3.29. The van der Waals surface area contributed by atoms with E-state index in [4.69, 9.17) is 11.6 Å². The Morgan fingerprint density at radius 1 is 1.00 bits per heavy atom. The molecule has 0 saturated heterocycles. The number of hydrogen-bond acceptors (Lipinski definition) is 3. The summed E-state index contributed by atoms with van der Waals surface area (Å²) in [6, 6.07) is 15.8. The predicted octanol–water partition coefficient (Wildman–Crippen LogP) is 4.11. The lowest BCUT2D eigenvalue weighted by molar-refractivity contribution is 1.20. The smallest absolute Gasteiger partial charge is 0.227 e. The zero-order chi connectivity index (χ0) is 13.1. The van der Waals surface area contributed by atoms with Gasteiger partial charge in [-0.1, -0.05) is 36.4 Å². The van der Waals surface area contributed by atoms with Crippen LogP contribution < -0.4 is 5.32 Å². The molecule has 4 heteroatoms. The van der Waals surface area contributed by atoms with E-state index in [2.05, 4.69) is 15.3 Å². The van der Waals surface area contributed by atoms with Crippen molar-refractivity contribution < 1.29 is 0 Å². The van der Waals surface area contributed by atoms with Gasteiger partial charge in [0.2, 0.25) is 5.95 Å². The standard InChI is InChI=1S/C15H12ClN3/c16-9-11-5-1-3-7-13(11)18-15-17-10-12-6-2-4-8-14(12)19-15/h1-8,10H,9H2,(H,17,18,19). The number of hydrogen-bond donors (Lipinski definition) is 1. The molecule has 0 saturated carbocycles. The third-order valence-corrected chi connectivity index (χ3v) is 3.18. The SMILES string of the molecule is ClCc1ccccc1Nc1ncc2ccccc2n1. The molecule has 0 aliphatic rings. The summed E-state index contributed by atoms with van der Waals surface area (Å²) in [5.74, 6) is 1.03. The highest BCUT2D eigenvalue weighted by molar-refractivity contribution is 6.17. The number of anilines is 2. The molecule has 0 spiro atoms. The van der Waals surface area contributed by atoms with Crippen molar-refractivity contribution in [2.45, 2.75) is 5.88 Å². The summed E-state index contributed by atoms with van der Waals surface area (Å²) in [5.41, 5.74) is 2.89. The highest BCUT2D eigenvalue weighted by Crippen LogP contribution is 2.21. The van der Waals surface area contributed by atoms with Crippen LogP contribution in [0.3, 0.4) is 0 Å². The molecule has 0 radical (unpaired) electrons. The average molecular weight is 270 g/mol. The fraction of sp³-hybridized carbons (Fsp3) is 0.0667. The fourth-order valence-corrected chi connectivity index (χ4v) is 2.14. The number of alkyl halides is 1. The van der Waals surface area contributed by atoms with Gasteiger partial charge >= 0.3 is 0 Å². The van der Waals surface area contributed by atoms with Gasteiger partial charge in [0.25, 0.3) is 0 Å². The van der Waals surface area contributed by atoms with Crippen molar-refractivity contribution in [3.05, 3.63) is 60.3 Å². The van der Waals surface area contributed by atoms with Crippen LogP contribution in [-0.4, -0.2) is 9.97 Å². The van der Waals surface area contributed by atoms with Crippen LogP contribution in [0.2, 0.25) is 0 Å². The van der Waals surface area contributed by atoms with Gasteiger partial charge in [-0.15, -0.1) is 11.6 Å². The number of nitrogens with one attached hydrogen (secondary N) is 1. The van der Waals surface area contributed by atoms with Crippen LogP contribution in [0.4, 0.5) is 11.6 Å². The lowest BCUT2D eigenvalue weighted by Gasteiger charge is -2.09. The minimum atomic E-state index is 0.455. The van der Waals surface area contributed by atoms with Crippen LogP contribution >= 0.6 is 11.6 Å². The second-order valence-electron chi connectivity index (χ2n) is 4.17. The molecule has 0 atom stereocenters. The highest BCUT2D eigenvalue weighted by atomic mass is 35.5. The van der Waals surface area contributed by atoms with Crippen molar-refractivity contribution in [2.24, 2.45) is 0 Å². The van der Waals surface area contributed by atoms with Gasteiger partial charge in [0, 0.05) is 23.2 Å². The number of halogens is 1. The van der Waals surface area contributed by atoms with E-state index in [1.54, 1.807) is 0 Å². The molecule has 3 rings (SSSR count). The Labute approximate surface area is 116 Å². The Morgan fingerprint density at radius 2 is 1.79 bits per heavy atom. The van der Waals surface area contributed by atoms with Crippen molar-refractivity contribution in [1.29, 1.82) is 0 Å². The first-order chi connectivity index (χ1) is 9.36. The zero-order valence-corrected chi connectivity index (χ0v) is 10.9. The molecule has 0 bridgehead atoms. The maximum Gasteiger partial charge on any atom is 0.227 e. The van der Waals surface area contributed by atoms with Crippen molar-refractivity contribution in [2.75, 3.05) is 5.32 Å². The molecule has 1 aromatic heterocycles. The van der Waals surface area contributed by atoms with Crippen LogP contribution in [0.1, 0.15) is 5.56 Å². The molecule has 1 heterocycles. The van der Waals surface area contributed by atoms with Crippen LogP contribution in [0, 0.1) is 0 Å². The monoisotopic (exact) mass is 269 g/mol.